The van der Waals surface area contributed by atoms with Crippen molar-refractivity contribution in [1.29, 1.82) is 0 Å². The van der Waals surface area contributed by atoms with E-state index < -0.39 is 6.04 Å². The number of rotatable bonds is 8. The zero-order valence-corrected chi connectivity index (χ0v) is 9.71. The van der Waals surface area contributed by atoms with Gasteiger partial charge in [-0.15, -0.1) is 0 Å². The number of Topliss-reactive ketones (excluding diaryl/α,β-unsaturated/α-hetero) is 1. The van der Waals surface area contributed by atoms with Gasteiger partial charge >= 0.3 is 0 Å². The van der Waals surface area contributed by atoms with Crippen LogP contribution < -0.4 is 11.1 Å². The highest BCUT2D eigenvalue weighted by Crippen LogP contribution is 1.98. The maximum atomic E-state index is 11.2. The van der Waals surface area contributed by atoms with Crippen LogP contribution in [0.5, 0.6) is 0 Å². The smallest absolute Gasteiger partial charge is 0.219 e. The monoisotopic (exact) mass is 214 g/mol. The van der Waals surface area contributed by atoms with Crippen LogP contribution in [0.25, 0.3) is 0 Å². The third-order valence-electron chi connectivity index (χ3n) is 2.31. The highest BCUT2D eigenvalue weighted by molar-refractivity contribution is 5.81. The number of hydrogen-bond acceptors (Lipinski definition) is 3. The second-order valence-corrected chi connectivity index (χ2v) is 3.81. The molecule has 0 aliphatic rings. The van der Waals surface area contributed by atoms with E-state index in [0.29, 0.717) is 19.4 Å². The topological polar surface area (TPSA) is 72.2 Å². The summed E-state index contributed by atoms with van der Waals surface area (Å²) in [6.45, 7) is 4.06. The Kier molecular flexibility index (Phi) is 7.91. The highest BCUT2D eigenvalue weighted by atomic mass is 16.1. The maximum Gasteiger partial charge on any atom is 0.219 e. The summed E-state index contributed by atoms with van der Waals surface area (Å²) in [5.41, 5.74) is 5.52. The number of amides is 1. The zero-order valence-electron chi connectivity index (χ0n) is 9.71. The van der Waals surface area contributed by atoms with Crippen molar-refractivity contribution >= 4 is 11.7 Å². The predicted molar refractivity (Wildman–Crippen MR) is 60.4 cm³/mol. The molecular weight excluding hydrogens is 192 g/mol. The molecule has 1 amide bonds. The third kappa shape index (κ3) is 8.12. The van der Waals surface area contributed by atoms with Gasteiger partial charge in [0.2, 0.25) is 5.91 Å². The molecule has 0 saturated carbocycles. The Morgan fingerprint density at radius 2 is 2.00 bits per heavy atom. The van der Waals surface area contributed by atoms with E-state index in [1.165, 1.54) is 6.92 Å². The van der Waals surface area contributed by atoms with E-state index in [0.717, 1.165) is 19.3 Å². The van der Waals surface area contributed by atoms with E-state index in [9.17, 15) is 9.59 Å². The molecule has 88 valence electrons. The van der Waals surface area contributed by atoms with Crippen LogP contribution in [0.2, 0.25) is 0 Å². The first kappa shape index (κ1) is 14.1. The van der Waals surface area contributed by atoms with Crippen LogP contribution in [0.3, 0.4) is 0 Å². The molecule has 0 radical (unpaired) electrons. The molecular formula is C11H22N2O2. The molecule has 1 unspecified atom stereocenters. The Hall–Kier alpha value is -0.900. The van der Waals surface area contributed by atoms with Crippen LogP contribution in [0.4, 0.5) is 0 Å². The molecule has 3 N–H and O–H groups in total. The van der Waals surface area contributed by atoms with Gasteiger partial charge in [-0.1, -0.05) is 19.8 Å². The molecule has 0 spiro atoms. The van der Waals surface area contributed by atoms with Gasteiger partial charge in [0.25, 0.3) is 0 Å². The molecule has 0 rings (SSSR count). The van der Waals surface area contributed by atoms with Crippen LogP contribution in [0.1, 0.15) is 46.0 Å². The maximum absolute atomic E-state index is 11.2. The zero-order chi connectivity index (χ0) is 11.7. The lowest BCUT2D eigenvalue weighted by Gasteiger charge is -2.08. The van der Waals surface area contributed by atoms with Crippen molar-refractivity contribution in [2.45, 2.75) is 52.0 Å². The fourth-order valence-electron chi connectivity index (χ4n) is 1.19. The lowest BCUT2D eigenvalue weighted by molar-refractivity contribution is -0.122. The highest BCUT2D eigenvalue weighted by Gasteiger charge is 2.08. The largest absolute Gasteiger partial charge is 0.356 e. The minimum atomic E-state index is -0.444. The summed E-state index contributed by atoms with van der Waals surface area (Å²) in [6.07, 6.45) is 4.22. The summed E-state index contributed by atoms with van der Waals surface area (Å²) in [5.74, 6) is 0.0226. The average molecular weight is 214 g/mol. The molecule has 0 aromatic heterocycles. The lowest BCUT2D eigenvalue weighted by Crippen LogP contribution is -2.34. The first-order valence-electron chi connectivity index (χ1n) is 5.60. The molecule has 4 heteroatoms. The van der Waals surface area contributed by atoms with E-state index in [4.69, 9.17) is 5.73 Å². The molecule has 15 heavy (non-hydrogen) atoms. The summed E-state index contributed by atoms with van der Waals surface area (Å²) in [5, 5.41) is 2.76. The minimum Gasteiger partial charge on any atom is -0.356 e. The molecule has 4 nitrogen and oxygen atoms in total. The summed E-state index contributed by atoms with van der Waals surface area (Å²) < 4.78 is 0. The second-order valence-electron chi connectivity index (χ2n) is 3.81. The summed E-state index contributed by atoms with van der Waals surface area (Å²) in [4.78, 5) is 22.0. The second kappa shape index (κ2) is 8.41. The number of nitrogens with one attached hydrogen (secondary N) is 1. The normalized spacial score (nSPS) is 12.2. The van der Waals surface area contributed by atoms with Gasteiger partial charge in [-0.3, -0.25) is 9.59 Å². The van der Waals surface area contributed by atoms with Gasteiger partial charge in [-0.25, -0.2) is 0 Å². The van der Waals surface area contributed by atoms with E-state index >= 15 is 0 Å². The van der Waals surface area contributed by atoms with Crippen LogP contribution in [0, 0.1) is 0 Å². The first-order chi connectivity index (χ1) is 7.07. The molecule has 0 heterocycles. The van der Waals surface area contributed by atoms with Crippen molar-refractivity contribution in [3.8, 4) is 0 Å². The molecule has 0 saturated heterocycles. The number of carbonyl (C=O) groups is 2. The van der Waals surface area contributed by atoms with Crippen molar-refractivity contribution in [2.75, 3.05) is 6.54 Å². The van der Waals surface area contributed by atoms with Crippen LogP contribution in [-0.4, -0.2) is 24.3 Å². The Morgan fingerprint density at radius 3 is 2.53 bits per heavy atom. The predicted octanol–water partition coefficient (Wildman–Crippen LogP) is 0.989. The standard InChI is InChI=1S/C11H22N2O2/c1-3-4-5-6-11(15)13-8-7-10(12)9(2)14/h10H,3-8,12H2,1-2H3,(H,13,15). The molecule has 0 aromatic carbocycles. The average Bonchev–Trinajstić information content (AvgIpc) is 2.18. The lowest BCUT2D eigenvalue weighted by atomic mass is 10.1. The fraction of sp³-hybridized carbons (Fsp3) is 0.818. The quantitative estimate of drug-likeness (QED) is 0.592. The van der Waals surface area contributed by atoms with Crippen molar-refractivity contribution < 1.29 is 9.59 Å². The van der Waals surface area contributed by atoms with Crippen molar-refractivity contribution in [2.24, 2.45) is 5.73 Å². The van der Waals surface area contributed by atoms with Crippen LogP contribution in [0.15, 0.2) is 0 Å². The summed E-state index contributed by atoms with van der Waals surface area (Å²) in [7, 11) is 0. The van der Waals surface area contributed by atoms with Gasteiger partial charge < -0.3 is 11.1 Å². The number of nitrogens with two attached hydrogens (primary N) is 1. The third-order valence-corrected chi connectivity index (χ3v) is 2.31. The Balaban J connectivity index is 3.42. The van der Waals surface area contributed by atoms with Crippen molar-refractivity contribution in [3.63, 3.8) is 0 Å². The molecule has 0 aliphatic heterocycles. The minimum absolute atomic E-state index is 0.0322. The Bertz CT molecular complexity index is 205. The molecule has 0 aliphatic carbocycles. The number of unbranched alkanes of at least 4 members (excludes halogenated alkanes) is 2. The Morgan fingerprint density at radius 1 is 1.33 bits per heavy atom. The molecule has 0 aromatic rings. The Labute approximate surface area is 91.6 Å². The van der Waals surface area contributed by atoms with E-state index in [1.54, 1.807) is 0 Å². The van der Waals surface area contributed by atoms with Gasteiger partial charge in [-0.2, -0.15) is 0 Å². The van der Waals surface area contributed by atoms with Gasteiger partial charge in [0.1, 0.15) is 5.78 Å². The van der Waals surface area contributed by atoms with Crippen LogP contribution in [-0.2, 0) is 9.59 Å². The van der Waals surface area contributed by atoms with Gasteiger partial charge in [-0.05, 0) is 19.8 Å². The van der Waals surface area contributed by atoms with E-state index in [2.05, 4.69) is 12.2 Å². The molecule has 0 fully saturated rings. The number of carbonyl (C=O) groups excluding carboxylic acids is 2. The number of ketones is 1. The van der Waals surface area contributed by atoms with Crippen LogP contribution >= 0.6 is 0 Å². The van der Waals surface area contributed by atoms with Crippen molar-refractivity contribution in [3.05, 3.63) is 0 Å². The van der Waals surface area contributed by atoms with Gasteiger partial charge in [0, 0.05) is 13.0 Å². The molecule has 1 atom stereocenters. The van der Waals surface area contributed by atoms with E-state index in [-0.39, 0.29) is 11.7 Å². The first-order valence-corrected chi connectivity index (χ1v) is 5.60. The summed E-state index contributed by atoms with van der Waals surface area (Å²) in [6, 6.07) is -0.444. The fourth-order valence-corrected chi connectivity index (χ4v) is 1.19. The SMILES string of the molecule is CCCCCC(=O)NCCC(N)C(C)=O. The summed E-state index contributed by atoms with van der Waals surface area (Å²) >= 11 is 0. The number of hydrogen-bond donors (Lipinski definition) is 2. The van der Waals surface area contributed by atoms with E-state index in [1.807, 2.05) is 0 Å². The van der Waals surface area contributed by atoms with Gasteiger partial charge in [0.05, 0.1) is 6.04 Å². The van der Waals surface area contributed by atoms with Crippen molar-refractivity contribution in [1.82, 2.24) is 5.32 Å². The molecule has 0 bridgehead atoms. The van der Waals surface area contributed by atoms with Gasteiger partial charge in [0.15, 0.2) is 0 Å².